The number of carboxylic acids is 1. The first-order chi connectivity index (χ1) is 8.71. The molecule has 0 saturated carbocycles. The van der Waals surface area contributed by atoms with Gasteiger partial charge in [-0.1, -0.05) is 13.8 Å². The lowest BCUT2D eigenvalue weighted by Gasteiger charge is -2.24. The van der Waals surface area contributed by atoms with Crippen LogP contribution in [0.2, 0.25) is 0 Å². The Kier molecular flexibility index (Phi) is 5.17. The standard InChI is InChI=1S/C13H24N2O4/c1-9(2)10-4-5-15(7-10)12(18)14-8-13(3,19)6-11(16)17/h9-10,19H,4-8H2,1-3H3,(H,14,18)(H,16,17). The monoisotopic (exact) mass is 272 g/mol. The van der Waals surface area contributed by atoms with Gasteiger partial charge >= 0.3 is 12.0 Å². The summed E-state index contributed by atoms with van der Waals surface area (Å²) in [7, 11) is 0. The van der Waals surface area contributed by atoms with Crippen LogP contribution >= 0.6 is 0 Å². The number of carboxylic acid groups (broad SMARTS) is 1. The number of carbonyl (C=O) groups is 2. The van der Waals surface area contributed by atoms with Crippen LogP contribution in [0, 0.1) is 11.8 Å². The molecule has 0 radical (unpaired) electrons. The molecule has 19 heavy (non-hydrogen) atoms. The van der Waals surface area contributed by atoms with Crippen molar-refractivity contribution in [2.45, 2.75) is 39.2 Å². The third-order valence-corrected chi connectivity index (χ3v) is 3.61. The smallest absolute Gasteiger partial charge is 0.317 e. The molecule has 0 bridgehead atoms. The molecule has 6 nitrogen and oxygen atoms in total. The Morgan fingerprint density at radius 3 is 2.58 bits per heavy atom. The molecule has 0 aliphatic carbocycles. The fraction of sp³-hybridized carbons (Fsp3) is 0.846. The maximum atomic E-state index is 11.9. The minimum Gasteiger partial charge on any atom is -0.481 e. The second kappa shape index (κ2) is 6.23. The predicted molar refractivity (Wildman–Crippen MR) is 70.8 cm³/mol. The Labute approximate surface area is 113 Å². The van der Waals surface area contributed by atoms with E-state index in [1.807, 2.05) is 0 Å². The van der Waals surface area contributed by atoms with Crippen LogP contribution in [-0.4, -0.2) is 52.3 Å². The highest BCUT2D eigenvalue weighted by atomic mass is 16.4. The van der Waals surface area contributed by atoms with Gasteiger partial charge in [0, 0.05) is 19.6 Å². The van der Waals surface area contributed by atoms with E-state index < -0.39 is 11.6 Å². The first-order valence-corrected chi connectivity index (χ1v) is 6.68. The number of nitrogens with zero attached hydrogens (tertiary/aromatic N) is 1. The van der Waals surface area contributed by atoms with Crippen LogP contribution in [0.15, 0.2) is 0 Å². The van der Waals surface area contributed by atoms with Crippen LogP contribution in [0.5, 0.6) is 0 Å². The molecule has 1 rings (SSSR count). The number of rotatable bonds is 5. The Balaban J connectivity index is 2.38. The van der Waals surface area contributed by atoms with E-state index in [-0.39, 0.29) is 19.0 Å². The zero-order valence-electron chi connectivity index (χ0n) is 11.8. The van der Waals surface area contributed by atoms with Crippen molar-refractivity contribution in [2.24, 2.45) is 11.8 Å². The Morgan fingerprint density at radius 1 is 1.47 bits per heavy atom. The van der Waals surface area contributed by atoms with Crippen molar-refractivity contribution < 1.29 is 19.8 Å². The van der Waals surface area contributed by atoms with Gasteiger partial charge in [-0.15, -0.1) is 0 Å². The number of likely N-dealkylation sites (tertiary alicyclic amines) is 1. The molecular formula is C13H24N2O4. The molecule has 1 aliphatic rings. The summed E-state index contributed by atoms with van der Waals surface area (Å²) in [6, 6.07) is -0.228. The zero-order valence-corrected chi connectivity index (χ0v) is 11.8. The number of carbonyl (C=O) groups excluding carboxylic acids is 1. The summed E-state index contributed by atoms with van der Waals surface area (Å²) in [6.45, 7) is 7.08. The van der Waals surface area contributed by atoms with Crippen molar-refractivity contribution in [3.05, 3.63) is 0 Å². The Bertz CT molecular complexity index is 342. The van der Waals surface area contributed by atoms with Crippen LogP contribution in [-0.2, 0) is 4.79 Å². The van der Waals surface area contributed by atoms with Gasteiger partial charge in [0.1, 0.15) is 0 Å². The van der Waals surface area contributed by atoms with Gasteiger partial charge in [-0.05, 0) is 25.2 Å². The molecule has 3 N–H and O–H groups in total. The van der Waals surface area contributed by atoms with E-state index in [2.05, 4.69) is 19.2 Å². The van der Waals surface area contributed by atoms with E-state index in [4.69, 9.17) is 5.11 Å². The molecule has 6 heteroatoms. The second-order valence-corrected chi connectivity index (χ2v) is 5.96. The summed E-state index contributed by atoms with van der Waals surface area (Å²) in [6.07, 6.45) is 0.610. The minimum atomic E-state index is -1.42. The summed E-state index contributed by atoms with van der Waals surface area (Å²) in [5.74, 6) is -0.0153. The number of hydrogen-bond acceptors (Lipinski definition) is 3. The number of nitrogens with one attached hydrogen (secondary N) is 1. The van der Waals surface area contributed by atoms with Crippen LogP contribution in [0.4, 0.5) is 4.79 Å². The van der Waals surface area contributed by atoms with Gasteiger partial charge < -0.3 is 20.4 Å². The molecule has 2 amide bonds. The van der Waals surface area contributed by atoms with Crippen LogP contribution in [0.1, 0.15) is 33.6 Å². The lowest BCUT2D eigenvalue weighted by molar-refractivity contribution is -0.141. The Hall–Kier alpha value is -1.30. The molecule has 1 heterocycles. The van der Waals surface area contributed by atoms with Crippen molar-refractivity contribution in [3.63, 3.8) is 0 Å². The number of urea groups is 1. The van der Waals surface area contributed by atoms with E-state index in [1.165, 1.54) is 6.92 Å². The summed E-state index contributed by atoms with van der Waals surface area (Å²) in [5, 5.41) is 21.0. The molecule has 110 valence electrons. The molecule has 1 aliphatic heterocycles. The van der Waals surface area contributed by atoms with Gasteiger partial charge in [0.25, 0.3) is 0 Å². The topological polar surface area (TPSA) is 89.9 Å². The van der Waals surface area contributed by atoms with Crippen molar-refractivity contribution in [1.82, 2.24) is 10.2 Å². The first kappa shape index (κ1) is 15.8. The Morgan fingerprint density at radius 2 is 2.11 bits per heavy atom. The average Bonchev–Trinajstić information content (AvgIpc) is 2.73. The SMILES string of the molecule is CC(C)C1CCN(C(=O)NCC(C)(O)CC(=O)O)C1. The molecule has 0 aromatic heterocycles. The molecule has 0 aromatic rings. The van der Waals surface area contributed by atoms with Gasteiger partial charge in [-0.3, -0.25) is 4.79 Å². The van der Waals surface area contributed by atoms with E-state index in [0.717, 1.165) is 19.5 Å². The summed E-state index contributed by atoms with van der Waals surface area (Å²) in [5.41, 5.74) is -1.42. The summed E-state index contributed by atoms with van der Waals surface area (Å²) in [4.78, 5) is 24.2. The van der Waals surface area contributed by atoms with Gasteiger partial charge in [0.2, 0.25) is 0 Å². The van der Waals surface area contributed by atoms with Gasteiger partial charge in [-0.2, -0.15) is 0 Å². The molecule has 2 unspecified atom stereocenters. The van der Waals surface area contributed by atoms with Crippen molar-refractivity contribution in [2.75, 3.05) is 19.6 Å². The summed E-state index contributed by atoms with van der Waals surface area (Å²) < 4.78 is 0. The van der Waals surface area contributed by atoms with Crippen LogP contribution in [0.3, 0.4) is 0 Å². The number of amides is 2. The summed E-state index contributed by atoms with van der Waals surface area (Å²) >= 11 is 0. The molecule has 1 fully saturated rings. The number of aliphatic hydroxyl groups is 1. The van der Waals surface area contributed by atoms with E-state index in [9.17, 15) is 14.7 Å². The normalized spacial score (nSPS) is 22.4. The molecule has 1 saturated heterocycles. The lowest BCUT2D eigenvalue weighted by Crippen LogP contribution is -2.46. The fourth-order valence-electron chi connectivity index (χ4n) is 2.28. The largest absolute Gasteiger partial charge is 0.481 e. The highest BCUT2D eigenvalue weighted by Gasteiger charge is 2.30. The predicted octanol–water partition coefficient (Wildman–Crippen LogP) is 0.900. The third-order valence-electron chi connectivity index (χ3n) is 3.61. The second-order valence-electron chi connectivity index (χ2n) is 5.96. The van der Waals surface area contributed by atoms with E-state index in [1.54, 1.807) is 4.90 Å². The van der Waals surface area contributed by atoms with E-state index >= 15 is 0 Å². The quantitative estimate of drug-likeness (QED) is 0.693. The highest BCUT2D eigenvalue weighted by molar-refractivity contribution is 5.75. The number of hydrogen-bond donors (Lipinski definition) is 3. The maximum Gasteiger partial charge on any atom is 0.317 e. The molecular weight excluding hydrogens is 248 g/mol. The van der Waals surface area contributed by atoms with Gasteiger partial charge in [0.05, 0.1) is 12.0 Å². The van der Waals surface area contributed by atoms with E-state index in [0.29, 0.717) is 11.8 Å². The van der Waals surface area contributed by atoms with Crippen LogP contribution < -0.4 is 5.32 Å². The average molecular weight is 272 g/mol. The van der Waals surface area contributed by atoms with Crippen molar-refractivity contribution >= 4 is 12.0 Å². The third kappa shape index (κ3) is 5.06. The molecule has 2 atom stereocenters. The van der Waals surface area contributed by atoms with Crippen molar-refractivity contribution in [3.8, 4) is 0 Å². The zero-order chi connectivity index (χ0) is 14.6. The van der Waals surface area contributed by atoms with Gasteiger partial charge in [0.15, 0.2) is 0 Å². The fourth-order valence-corrected chi connectivity index (χ4v) is 2.28. The first-order valence-electron chi connectivity index (χ1n) is 6.68. The lowest BCUT2D eigenvalue weighted by atomic mass is 9.95. The van der Waals surface area contributed by atoms with Crippen molar-refractivity contribution in [1.29, 1.82) is 0 Å². The van der Waals surface area contributed by atoms with Crippen LogP contribution in [0.25, 0.3) is 0 Å². The highest BCUT2D eigenvalue weighted by Crippen LogP contribution is 2.23. The molecule has 0 spiro atoms. The molecule has 0 aromatic carbocycles. The maximum absolute atomic E-state index is 11.9. The number of aliphatic carboxylic acids is 1. The minimum absolute atomic E-state index is 0.0546. The van der Waals surface area contributed by atoms with Gasteiger partial charge in [-0.25, -0.2) is 4.79 Å².